The minimum Gasteiger partial charge on any atom is -0.374 e. The molecule has 0 spiro atoms. The molecule has 5 aromatic rings. The van der Waals surface area contributed by atoms with Crippen molar-refractivity contribution in [2.45, 2.75) is 50.8 Å². The van der Waals surface area contributed by atoms with Crippen LogP contribution in [0.4, 0.5) is 0 Å². The van der Waals surface area contributed by atoms with Gasteiger partial charge in [0.2, 0.25) is 0 Å². The Kier molecular flexibility index (Phi) is 8.95. The van der Waals surface area contributed by atoms with Crippen molar-refractivity contribution < 1.29 is 18.9 Å². The first-order chi connectivity index (χ1) is 20.2. The van der Waals surface area contributed by atoms with Crippen LogP contribution in [0.5, 0.6) is 0 Å². The van der Waals surface area contributed by atoms with Crippen LogP contribution >= 0.6 is 11.6 Å². The molecule has 1 aliphatic heterocycles. The molecular formula is C32H31ClN4O4. The van der Waals surface area contributed by atoms with E-state index in [9.17, 15) is 0 Å². The molecule has 6 rings (SSSR count). The molecular weight excluding hydrogens is 540 g/mol. The van der Waals surface area contributed by atoms with Crippen molar-refractivity contribution in [2.24, 2.45) is 0 Å². The number of hydrogen-bond acceptors (Lipinski definition) is 7. The Hall–Kier alpha value is -3.66. The predicted octanol–water partition coefficient (Wildman–Crippen LogP) is 6.15. The fraction of sp³-hybridized carbons (Fsp3) is 0.281. The molecule has 1 saturated heterocycles. The van der Waals surface area contributed by atoms with Crippen molar-refractivity contribution >= 4 is 22.8 Å². The SMILES string of the molecule is Clc1ncnc2c1ncn2[C@@H]1C[C@@H](OCc2ccccc2)[C@H](OCc2ccccc2)[C@@H](COCc2ccccc2)O1. The first-order valence-corrected chi connectivity index (χ1v) is 14.0. The molecule has 0 bridgehead atoms. The van der Waals surface area contributed by atoms with Gasteiger partial charge in [0.05, 0.1) is 38.9 Å². The maximum Gasteiger partial charge on any atom is 0.166 e. The topological polar surface area (TPSA) is 80.5 Å². The van der Waals surface area contributed by atoms with E-state index in [4.69, 9.17) is 30.5 Å². The molecule has 0 N–H and O–H groups in total. The molecule has 210 valence electrons. The van der Waals surface area contributed by atoms with Gasteiger partial charge in [-0.05, 0) is 16.7 Å². The summed E-state index contributed by atoms with van der Waals surface area (Å²) in [5.41, 5.74) is 4.38. The minimum absolute atomic E-state index is 0.294. The predicted molar refractivity (Wildman–Crippen MR) is 155 cm³/mol. The molecule has 0 saturated carbocycles. The van der Waals surface area contributed by atoms with Crippen molar-refractivity contribution in [1.29, 1.82) is 0 Å². The maximum atomic E-state index is 6.69. The van der Waals surface area contributed by atoms with Crippen molar-refractivity contribution in [2.75, 3.05) is 6.61 Å². The summed E-state index contributed by atoms with van der Waals surface area (Å²) in [5.74, 6) is 0. The van der Waals surface area contributed by atoms with Gasteiger partial charge in [-0.2, -0.15) is 0 Å². The number of nitrogens with zero attached hydrogens (tertiary/aromatic N) is 4. The Balaban J connectivity index is 1.27. The van der Waals surface area contributed by atoms with E-state index in [1.54, 1.807) is 6.33 Å². The number of benzene rings is 3. The van der Waals surface area contributed by atoms with Crippen LogP contribution in [-0.2, 0) is 38.8 Å². The third kappa shape index (κ3) is 6.81. The minimum atomic E-state index is -0.423. The van der Waals surface area contributed by atoms with Crippen LogP contribution in [0.25, 0.3) is 11.2 Å². The molecule has 9 heteroatoms. The molecule has 2 aromatic heterocycles. The summed E-state index contributed by atoms with van der Waals surface area (Å²) >= 11 is 6.30. The average Bonchev–Trinajstić information content (AvgIpc) is 3.46. The first kappa shape index (κ1) is 27.5. The number of fused-ring (bicyclic) bond motifs is 1. The zero-order valence-corrected chi connectivity index (χ0v) is 23.2. The normalized spacial score (nSPS) is 20.8. The summed E-state index contributed by atoms with van der Waals surface area (Å²) in [7, 11) is 0. The molecule has 0 amide bonds. The van der Waals surface area contributed by atoms with E-state index < -0.39 is 12.3 Å². The van der Waals surface area contributed by atoms with Crippen LogP contribution in [-0.4, -0.2) is 44.4 Å². The van der Waals surface area contributed by atoms with Crippen LogP contribution in [0.1, 0.15) is 29.3 Å². The summed E-state index contributed by atoms with van der Waals surface area (Å²) in [6, 6.07) is 30.3. The van der Waals surface area contributed by atoms with E-state index in [1.165, 1.54) is 6.33 Å². The highest BCUT2D eigenvalue weighted by Crippen LogP contribution is 2.34. The lowest BCUT2D eigenvalue weighted by Gasteiger charge is -2.41. The Morgan fingerprint density at radius 3 is 2.02 bits per heavy atom. The van der Waals surface area contributed by atoms with Crippen LogP contribution in [0.3, 0.4) is 0 Å². The van der Waals surface area contributed by atoms with Crippen molar-refractivity contribution in [3.05, 3.63) is 125 Å². The molecule has 1 fully saturated rings. The number of halogens is 1. The zero-order valence-electron chi connectivity index (χ0n) is 22.5. The molecule has 3 aromatic carbocycles. The number of aromatic nitrogens is 4. The van der Waals surface area contributed by atoms with Gasteiger partial charge in [-0.1, -0.05) is 103 Å². The van der Waals surface area contributed by atoms with Gasteiger partial charge in [0.15, 0.2) is 10.8 Å². The summed E-state index contributed by atoms with van der Waals surface area (Å²) in [6.07, 6.45) is 2.13. The molecule has 0 radical (unpaired) electrons. The second-order valence-electron chi connectivity index (χ2n) is 9.95. The van der Waals surface area contributed by atoms with Crippen LogP contribution in [0.15, 0.2) is 104 Å². The second kappa shape index (κ2) is 13.3. The van der Waals surface area contributed by atoms with E-state index in [1.807, 2.05) is 83.4 Å². The first-order valence-electron chi connectivity index (χ1n) is 13.7. The molecule has 8 nitrogen and oxygen atoms in total. The largest absolute Gasteiger partial charge is 0.374 e. The Bertz CT molecular complexity index is 1520. The fourth-order valence-corrected chi connectivity index (χ4v) is 5.22. The van der Waals surface area contributed by atoms with Gasteiger partial charge in [-0.25, -0.2) is 15.0 Å². The molecule has 1 aliphatic rings. The standard InChI is InChI=1S/C32H31ClN4O4/c33-31-29-32(35-21-34-31)37(22-36-29)28-16-26(39-18-24-12-6-2-7-13-24)30(40-19-25-14-8-3-9-15-25)27(41-28)20-38-17-23-10-4-1-5-11-23/h1-15,21-22,26-28,30H,16-20H2/t26-,27-,28+,30+/m1/s1. The summed E-state index contributed by atoms with van der Waals surface area (Å²) < 4.78 is 27.9. The van der Waals surface area contributed by atoms with Crippen molar-refractivity contribution in [3.8, 4) is 0 Å². The lowest BCUT2D eigenvalue weighted by atomic mass is 9.99. The lowest BCUT2D eigenvalue weighted by Crippen LogP contribution is -2.51. The average molecular weight is 571 g/mol. The van der Waals surface area contributed by atoms with Gasteiger partial charge in [-0.15, -0.1) is 0 Å². The van der Waals surface area contributed by atoms with Gasteiger partial charge in [0, 0.05) is 6.42 Å². The summed E-state index contributed by atoms with van der Waals surface area (Å²) in [6.45, 7) is 1.65. The maximum absolute atomic E-state index is 6.69. The Morgan fingerprint density at radius 1 is 0.756 bits per heavy atom. The zero-order chi connectivity index (χ0) is 27.9. The molecule has 3 heterocycles. The van der Waals surface area contributed by atoms with E-state index in [2.05, 4.69) is 27.1 Å². The lowest BCUT2D eigenvalue weighted by molar-refractivity contribution is -0.236. The third-order valence-corrected chi connectivity index (χ3v) is 7.39. The molecule has 0 unspecified atom stereocenters. The van der Waals surface area contributed by atoms with Gasteiger partial charge < -0.3 is 18.9 Å². The third-order valence-electron chi connectivity index (χ3n) is 7.11. The van der Waals surface area contributed by atoms with Gasteiger partial charge in [0.25, 0.3) is 0 Å². The van der Waals surface area contributed by atoms with Gasteiger partial charge >= 0.3 is 0 Å². The number of ether oxygens (including phenoxy) is 4. The fourth-order valence-electron chi connectivity index (χ4n) is 5.04. The van der Waals surface area contributed by atoms with E-state index in [0.717, 1.165) is 16.7 Å². The molecule has 0 aliphatic carbocycles. The quantitative estimate of drug-likeness (QED) is 0.176. The van der Waals surface area contributed by atoms with E-state index >= 15 is 0 Å². The highest BCUT2D eigenvalue weighted by atomic mass is 35.5. The smallest absolute Gasteiger partial charge is 0.166 e. The number of rotatable bonds is 11. The Labute approximate surface area is 243 Å². The number of hydrogen-bond donors (Lipinski definition) is 0. The summed E-state index contributed by atoms with van der Waals surface area (Å²) in [5, 5.41) is 0.299. The molecule has 41 heavy (non-hydrogen) atoms. The second-order valence-corrected chi connectivity index (χ2v) is 10.3. The Morgan fingerprint density at radius 2 is 1.37 bits per heavy atom. The summed E-state index contributed by atoms with van der Waals surface area (Å²) in [4.78, 5) is 13.0. The highest BCUT2D eigenvalue weighted by Gasteiger charge is 2.42. The van der Waals surface area contributed by atoms with Crippen LogP contribution < -0.4 is 0 Å². The van der Waals surface area contributed by atoms with Crippen molar-refractivity contribution in [1.82, 2.24) is 19.5 Å². The highest BCUT2D eigenvalue weighted by molar-refractivity contribution is 6.33. The monoisotopic (exact) mass is 570 g/mol. The van der Waals surface area contributed by atoms with Crippen LogP contribution in [0.2, 0.25) is 5.15 Å². The molecule has 4 atom stereocenters. The van der Waals surface area contributed by atoms with Gasteiger partial charge in [-0.3, -0.25) is 4.57 Å². The van der Waals surface area contributed by atoms with E-state index in [0.29, 0.717) is 49.2 Å². The van der Waals surface area contributed by atoms with Crippen molar-refractivity contribution in [3.63, 3.8) is 0 Å². The van der Waals surface area contributed by atoms with Gasteiger partial charge in [0.1, 0.15) is 30.3 Å². The number of imidazole rings is 1. The van der Waals surface area contributed by atoms with Crippen LogP contribution in [0, 0.1) is 0 Å². The van der Waals surface area contributed by atoms with E-state index in [-0.39, 0.29) is 12.2 Å².